The van der Waals surface area contributed by atoms with Crippen molar-refractivity contribution < 1.29 is 14.0 Å². The van der Waals surface area contributed by atoms with Gasteiger partial charge in [-0.25, -0.2) is 9.37 Å². The van der Waals surface area contributed by atoms with Gasteiger partial charge < -0.3 is 9.88 Å². The van der Waals surface area contributed by atoms with Crippen molar-refractivity contribution in [2.24, 2.45) is 5.92 Å². The van der Waals surface area contributed by atoms with Gasteiger partial charge in [0.15, 0.2) is 0 Å². The van der Waals surface area contributed by atoms with Crippen LogP contribution < -0.4 is 10.2 Å². The van der Waals surface area contributed by atoms with E-state index in [-0.39, 0.29) is 24.8 Å². The second kappa shape index (κ2) is 6.25. The van der Waals surface area contributed by atoms with Crippen LogP contribution in [0.5, 0.6) is 0 Å². The van der Waals surface area contributed by atoms with Gasteiger partial charge in [0.25, 0.3) is 0 Å². The topological polar surface area (TPSA) is 78.1 Å². The lowest BCUT2D eigenvalue weighted by Crippen LogP contribution is -2.28. The number of carbonyl (C=O) groups excluding carboxylic acids is 2. The average Bonchev–Trinajstić information content (AvgIpc) is 3.19. The fourth-order valence-electron chi connectivity index (χ4n) is 3.23. The zero-order valence-electron chi connectivity index (χ0n) is 14.1. The summed E-state index contributed by atoms with van der Waals surface area (Å²) in [6.45, 7) is 2.16. The zero-order valence-corrected chi connectivity index (χ0v) is 14.1. The molecule has 0 radical (unpaired) electrons. The van der Waals surface area contributed by atoms with Gasteiger partial charge in [0.05, 0.1) is 17.0 Å². The molecule has 0 spiro atoms. The molecule has 1 aromatic heterocycles. The smallest absolute Gasteiger partial charge is 0.232 e. The lowest BCUT2D eigenvalue weighted by molar-refractivity contribution is -0.122. The molecule has 2 heterocycles. The Morgan fingerprint density at radius 2 is 2.12 bits per heavy atom. The molecule has 2 aromatic carbocycles. The number of halogens is 1. The van der Waals surface area contributed by atoms with Crippen LogP contribution in [-0.4, -0.2) is 28.3 Å². The van der Waals surface area contributed by atoms with Gasteiger partial charge in [-0.3, -0.25) is 14.9 Å². The van der Waals surface area contributed by atoms with Crippen LogP contribution in [0.25, 0.3) is 11.0 Å². The number of nitrogens with zero attached hydrogens (tertiary/aromatic N) is 2. The fraction of sp³-hybridized carbons (Fsp3) is 0.211. The van der Waals surface area contributed by atoms with Crippen molar-refractivity contribution in [2.75, 3.05) is 16.8 Å². The number of aromatic nitrogens is 2. The average molecular weight is 352 g/mol. The second-order valence-electron chi connectivity index (χ2n) is 6.43. The quantitative estimate of drug-likeness (QED) is 0.761. The monoisotopic (exact) mass is 352 g/mol. The number of aromatic amines is 1. The lowest BCUT2D eigenvalue weighted by atomic mass is 10.1. The van der Waals surface area contributed by atoms with E-state index in [1.165, 1.54) is 17.0 Å². The first kappa shape index (κ1) is 16.3. The van der Waals surface area contributed by atoms with E-state index in [0.29, 0.717) is 11.6 Å². The van der Waals surface area contributed by atoms with E-state index in [2.05, 4.69) is 15.3 Å². The number of H-pyrrole nitrogens is 1. The maximum Gasteiger partial charge on any atom is 0.232 e. The van der Waals surface area contributed by atoms with Crippen LogP contribution in [0.2, 0.25) is 0 Å². The number of carbonyl (C=O) groups is 2. The molecule has 1 aliphatic heterocycles. The van der Waals surface area contributed by atoms with Gasteiger partial charge in [-0.1, -0.05) is 18.2 Å². The summed E-state index contributed by atoms with van der Waals surface area (Å²) >= 11 is 0. The minimum atomic E-state index is -0.514. The molecule has 0 aliphatic carbocycles. The van der Waals surface area contributed by atoms with Crippen LogP contribution in [0.4, 0.5) is 16.0 Å². The third kappa shape index (κ3) is 2.92. The van der Waals surface area contributed by atoms with Crippen molar-refractivity contribution in [1.29, 1.82) is 0 Å². The molecule has 1 fully saturated rings. The minimum absolute atomic E-state index is 0.0849. The number of imidazole rings is 1. The highest BCUT2D eigenvalue weighted by Crippen LogP contribution is 2.26. The molecule has 7 heteroatoms. The molecule has 132 valence electrons. The Bertz CT molecular complexity index is 1010. The third-order valence-electron chi connectivity index (χ3n) is 4.57. The number of hydrogen-bond donors (Lipinski definition) is 2. The molecule has 1 aliphatic rings. The summed E-state index contributed by atoms with van der Waals surface area (Å²) in [6.07, 6.45) is 0.0849. The molecule has 1 saturated heterocycles. The first-order valence-electron chi connectivity index (χ1n) is 8.33. The third-order valence-corrected chi connectivity index (χ3v) is 4.57. The van der Waals surface area contributed by atoms with E-state index >= 15 is 0 Å². The van der Waals surface area contributed by atoms with Crippen LogP contribution in [-0.2, 0) is 9.59 Å². The molecule has 26 heavy (non-hydrogen) atoms. The molecule has 2 amide bonds. The molecule has 1 unspecified atom stereocenters. The Morgan fingerprint density at radius 1 is 1.31 bits per heavy atom. The second-order valence-corrected chi connectivity index (χ2v) is 6.43. The van der Waals surface area contributed by atoms with Crippen LogP contribution in [0.3, 0.4) is 0 Å². The van der Waals surface area contributed by atoms with Crippen molar-refractivity contribution >= 4 is 34.5 Å². The first-order valence-corrected chi connectivity index (χ1v) is 8.33. The van der Waals surface area contributed by atoms with Crippen LogP contribution in [0, 0.1) is 18.7 Å². The Balaban J connectivity index is 1.50. The van der Waals surface area contributed by atoms with E-state index in [1.807, 2.05) is 25.1 Å². The maximum atomic E-state index is 13.4. The van der Waals surface area contributed by atoms with Crippen LogP contribution in [0.1, 0.15) is 12.0 Å². The van der Waals surface area contributed by atoms with Crippen LogP contribution in [0.15, 0.2) is 42.5 Å². The highest BCUT2D eigenvalue weighted by Gasteiger charge is 2.35. The predicted molar refractivity (Wildman–Crippen MR) is 96.3 cm³/mol. The number of para-hydroxylation sites is 1. The Labute approximate surface area is 149 Å². The van der Waals surface area contributed by atoms with Gasteiger partial charge in [0, 0.05) is 18.7 Å². The fourth-order valence-corrected chi connectivity index (χ4v) is 3.23. The molecular weight excluding hydrogens is 335 g/mol. The number of benzene rings is 2. The minimum Gasteiger partial charge on any atom is -0.324 e. The van der Waals surface area contributed by atoms with Crippen molar-refractivity contribution in [3.63, 3.8) is 0 Å². The summed E-state index contributed by atoms with van der Waals surface area (Å²) in [4.78, 5) is 33.7. The molecule has 6 nitrogen and oxygen atoms in total. The van der Waals surface area contributed by atoms with Crippen molar-refractivity contribution in [3.8, 4) is 0 Å². The standard InChI is InChI=1S/C19H17FN4O2/c1-11-4-2-7-15-17(11)22-19(21-15)23-18(26)12-8-16(25)24(10-12)14-6-3-5-13(20)9-14/h2-7,9,12H,8,10H2,1H3,(H2,21,22,23,26). The van der Waals surface area contributed by atoms with E-state index in [9.17, 15) is 14.0 Å². The highest BCUT2D eigenvalue weighted by molar-refractivity contribution is 6.03. The van der Waals surface area contributed by atoms with Gasteiger partial charge in [-0.2, -0.15) is 0 Å². The SMILES string of the molecule is Cc1cccc2[nH]c(NC(=O)C3CC(=O)N(c4cccc(F)c4)C3)nc12. The molecular formula is C19H17FN4O2. The molecule has 1 atom stereocenters. The van der Waals surface area contributed by atoms with Crippen LogP contribution >= 0.6 is 0 Å². The predicted octanol–water partition coefficient (Wildman–Crippen LogP) is 3.00. The Morgan fingerprint density at radius 3 is 2.88 bits per heavy atom. The number of anilines is 2. The molecule has 3 aromatic rings. The van der Waals surface area contributed by atoms with Gasteiger partial charge in [0.1, 0.15) is 5.82 Å². The number of nitrogens with one attached hydrogen (secondary N) is 2. The van der Waals surface area contributed by atoms with E-state index in [4.69, 9.17) is 0 Å². The zero-order chi connectivity index (χ0) is 18.3. The number of aryl methyl sites for hydroxylation is 1. The Kier molecular flexibility index (Phi) is 3.91. The molecule has 2 N–H and O–H groups in total. The summed E-state index contributed by atoms with van der Waals surface area (Å²) in [7, 11) is 0. The van der Waals surface area contributed by atoms with E-state index in [0.717, 1.165) is 16.6 Å². The normalized spacial score (nSPS) is 17.1. The van der Waals surface area contributed by atoms with E-state index in [1.54, 1.807) is 12.1 Å². The van der Waals surface area contributed by atoms with Gasteiger partial charge >= 0.3 is 0 Å². The summed E-state index contributed by atoms with van der Waals surface area (Å²) in [5, 5.41) is 2.75. The van der Waals surface area contributed by atoms with Crippen molar-refractivity contribution in [3.05, 3.63) is 53.8 Å². The maximum absolute atomic E-state index is 13.4. The van der Waals surface area contributed by atoms with Gasteiger partial charge in [-0.15, -0.1) is 0 Å². The summed E-state index contributed by atoms with van der Waals surface area (Å²) < 4.78 is 13.4. The van der Waals surface area contributed by atoms with Crippen molar-refractivity contribution in [2.45, 2.75) is 13.3 Å². The summed E-state index contributed by atoms with van der Waals surface area (Å²) in [6, 6.07) is 11.5. The molecule has 0 saturated carbocycles. The number of amides is 2. The van der Waals surface area contributed by atoms with Gasteiger partial charge in [0.2, 0.25) is 17.8 Å². The largest absolute Gasteiger partial charge is 0.324 e. The van der Waals surface area contributed by atoms with Gasteiger partial charge in [-0.05, 0) is 36.8 Å². The summed E-state index contributed by atoms with van der Waals surface area (Å²) in [5.41, 5.74) is 3.10. The van der Waals surface area contributed by atoms with Crippen molar-refractivity contribution in [1.82, 2.24) is 9.97 Å². The Hall–Kier alpha value is -3.22. The number of hydrogen-bond acceptors (Lipinski definition) is 3. The number of fused-ring (bicyclic) bond motifs is 1. The van der Waals surface area contributed by atoms with E-state index < -0.39 is 11.7 Å². The summed E-state index contributed by atoms with van der Waals surface area (Å²) in [5.74, 6) is -1.05. The molecule has 4 rings (SSSR count). The molecule has 0 bridgehead atoms. The first-order chi connectivity index (χ1) is 12.5. The highest BCUT2D eigenvalue weighted by atomic mass is 19.1. The lowest BCUT2D eigenvalue weighted by Gasteiger charge is -2.16. The number of rotatable bonds is 3.